The van der Waals surface area contributed by atoms with Crippen LogP contribution >= 0.6 is 0 Å². The Morgan fingerprint density at radius 1 is 1.38 bits per heavy atom. The molecule has 0 aliphatic heterocycles. The summed E-state index contributed by atoms with van der Waals surface area (Å²) in [6.07, 6.45) is 10.8. The summed E-state index contributed by atoms with van der Waals surface area (Å²) < 4.78 is 5.44. The van der Waals surface area contributed by atoms with E-state index in [0.717, 1.165) is 12.8 Å². The van der Waals surface area contributed by atoms with E-state index in [0.29, 0.717) is 32.5 Å². The fourth-order valence-electron chi connectivity index (χ4n) is 3.16. The van der Waals surface area contributed by atoms with Crippen LogP contribution in [0.4, 0.5) is 0 Å². The maximum Gasteiger partial charge on any atom is 0.303 e. The molecule has 0 bridgehead atoms. The quantitative estimate of drug-likeness (QED) is 0.406. The number of allylic oxidation sites excluding steroid dienone is 3. The van der Waals surface area contributed by atoms with E-state index in [1.165, 1.54) is 0 Å². The van der Waals surface area contributed by atoms with E-state index in [4.69, 9.17) is 9.84 Å². The lowest BCUT2D eigenvalue weighted by Gasteiger charge is -2.28. The first-order chi connectivity index (χ1) is 12.3. The standard InChI is InChI=1S/C21H34O5/c1-4-26-15-21(2,3)19(23)14-12-16-11-13-18(22)17(16)9-7-5-6-8-10-20(24)25/h5,7,12,14,16-17,19,23H,4,6,8-11,13,15H2,1-3H3,(H,24,25)/b7-5?,14-12+/t16-,17+,19?/m1/s1. The van der Waals surface area contributed by atoms with Crippen molar-refractivity contribution in [3.63, 3.8) is 0 Å². The van der Waals surface area contributed by atoms with E-state index in [9.17, 15) is 14.7 Å². The molecule has 148 valence electrons. The summed E-state index contributed by atoms with van der Waals surface area (Å²) in [6, 6.07) is 0. The van der Waals surface area contributed by atoms with E-state index < -0.39 is 12.1 Å². The molecule has 1 fully saturated rings. The number of Topliss-reactive ketones (excluding diaryl/α,β-unsaturated/α-hetero) is 1. The Morgan fingerprint density at radius 2 is 2.12 bits per heavy atom. The number of carboxylic acids is 1. The van der Waals surface area contributed by atoms with Crippen molar-refractivity contribution in [3.8, 4) is 0 Å². The summed E-state index contributed by atoms with van der Waals surface area (Å²) in [5.41, 5.74) is -0.366. The molecule has 1 rings (SSSR count). The molecule has 5 nitrogen and oxygen atoms in total. The highest BCUT2D eigenvalue weighted by molar-refractivity contribution is 5.83. The number of carboxylic acid groups (broad SMARTS) is 1. The SMILES string of the molecule is CCOCC(C)(C)C(O)/C=C/[C@H]1CCC(=O)[C@H]1CC=CCCCC(=O)O. The van der Waals surface area contributed by atoms with Crippen molar-refractivity contribution in [3.05, 3.63) is 24.3 Å². The van der Waals surface area contributed by atoms with Gasteiger partial charge in [-0.15, -0.1) is 0 Å². The van der Waals surface area contributed by atoms with Crippen molar-refractivity contribution >= 4 is 11.8 Å². The molecule has 2 N–H and O–H groups in total. The highest BCUT2D eigenvalue weighted by Crippen LogP contribution is 2.33. The molecule has 0 spiro atoms. The van der Waals surface area contributed by atoms with Crippen LogP contribution in [-0.4, -0.2) is 41.3 Å². The Bertz CT molecular complexity index is 507. The molecule has 0 amide bonds. The molecule has 3 atom stereocenters. The number of carbonyl (C=O) groups is 2. The van der Waals surface area contributed by atoms with Crippen molar-refractivity contribution in [2.24, 2.45) is 17.3 Å². The van der Waals surface area contributed by atoms with Gasteiger partial charge in [0.1, 0.15) is 5.78 Å². The predicted octanol–water partition coefficient (Wildman–Crippen LogP) is 3.76. The van der Waals surface area contributed by atoms with Crippen LogP contribution in [0.3, 0.4) is 0 Å². The number of unbranched alkanes of at least 4 members (excludes halogenated alkanes) is 1. The first-order valence-corrected chi connectivity index (χ1v) is 9.61. The smallest absolute Gasteiger partial charge is 0.303 e. The average Bonchev–Trinajstić information content (AvgIpc) is 2.93. The van der Waals surface area contributed by atoms with Gasteiger partial charge < -0.3 is 14.9 Å². The Labute approximate surface area is 157 Å². The summed E-state index contributed by atoms with van der Waals surface area (Å²) in [5.74, 6) is -0.383. The van der Waals surface area contributed by atoms with Crippen molar-refractivity contribution < 1.29 is 24.5 Å². The van der Waals surface area contributed by atoms with Crippen LogP contribution in [0.25, 0.3) is 0 Å². The number of aliphatic carboxylic acids is 1. The molecule has 1 aliphatic rings. The predicted molar refractivity (Wildman–Crippen MR) is 102 cm³/mol. The zero-order valence-electron chi connectivity index (χ0n) is 16.3. The average molecular weight is 366 g/mol. The van der Waals surface area contributed by atoms with Crippen LogP contribution in [0, 0.1) is 17.3 Å². The number of aliphatic hydroxyl groups excluding tert-OH is 1. The lowest BCUT2D eigenvalue weighted by molar-refractivity contribution is -0.137. The van der Waals surface area contributed by atoms with Gasteiger partial charge in [0.2, 0.25) is 0 Å². The molecule has 1 aliphatic carbocycles. The number of ketones is 1. The number of aliphatic hydroxyl groups is 1. The summed E-state index contributed by atoms with van der Waals surface area (Å²) in [4.78, 5) is 22.6. The van der Waals surface area contributed by atoms with Gasteiger partial charge in [-0.05, 0) is 38.5 Å². The molecule has 0 radical (unpaired) electrons. The maximum absolute atomic E-state index is 12.1. The largest absolute Gasteiger partial charge is 0.481 e. The number of ether oxygens (including phenoxy) is 1. The second-order valence-corrected chi connectivity index (χ2v) is 7.72. The fourth-order valence-corrected chi connectivity index (χ4v) is 3.16. The summed E-state index contributed by atoms with van der Waals surface area (Å²) >= 11 is 0. The molecule has 0 heterocycles. The number of hydrogen-bond donors (Lipinski definition) is 2. The second kappa shape index (κ2) is 11.3. The monoisotopic (exact) mass is 366 g/mol. The number of rotatable bonds is 12. The van der Waals surface area contributed by atoms with E-state index >= 15 is 0 Å². The zero-order valence-corrected chi connectivity index (χ0v) is 16.3. The third-order valence-corrected chi connectivity index (χ3v) is 4.99. The minimum atomic E-state index is -0.777. The highest BCUT2D eigenvalue weighted by atomic mass is 16.5. The third-order valence-electron chi connectivity index (χ3n) is 4.99. The fraction of sp³-hybridized carbons (Fsp3) is 0.714. The maximum atomic E-state index is 12.1. The van der Waals surface area contributed by atoms with Gasteiger partial charge in [-0.3, -0.25) is 9.59 Å². The van der Waals surface area contributed by atoms with Crippen molar-refractivity contribution in [2.75, 3.05) is 13.2 Å². The lowest BCUT2D eigenvalue weighted by Crippen LogP contribution is -2.32. The molecule has 26 heavy (non-hydrogen) atoms. The third kappa shape index (κ3) is 7.83. The van der Waals surface area contributed by atoms with E-state index in [1.807, 2.05) is 45.1 Å². The van der Waals surface area contributed by atoms with E-state index in [1.54, 1.807) is 0 Å². The first-order valence-electron chi connectivity index (χ1n) is 9.61. The van der Waals surface area contributed by atoms with E-state index in [2.05, 4.69) is 0 Å². The van der Waals surface area contributed by atoms with Gasteiger partial charge in [-0.1, -0.05) is 38.2 Å². The Kier molecular flexibility index (Phi) is 9.81. The summed E-state index contributed by atoms with van der Waals surface area (Å²) in [7, 11) is 0. The van der Waals surface area contributed by atoms with Crippen LogP contribution in [0.2, 0.25) is 0 Å². The number of hydrogen-bond acceptors (Lipinski definition) is 4. The highest BCUT2D eigenvalue weighted by Gasteiger charge is 2.33. The minimum Gasteiger partial charge on any atom is -0.481 e. The van der Waals surface area contributed by atoms with Crippen LogP contribution in [0.15, 0.2) is 24.3 Å². The second-order valence-electron chi connectivity index (χ2n) is 7.72. The molecule has 5 heteroatoms. The van der Waals surface area contributed by atoms with Crippen LogP contribution < -0.4 is 0 Å². The van der Waals surface area contributed by atoms with Gasteiger partial charge in [-0.25, -0.2) is 0 Å². The van der Waals surface area contributed by atoms with Crippen molar-refractivity contribution in [2.45, 2.75) is 65.4 Å². The van der Waals surface area contributed by atoms with Crippen LogP contribution in [0.1, 0.15) is 59.3 Å². The summed E-state index contributed by atoms with van der Waals surface area (Å²) in [6.45, 7) is 6.98. The van der Waals surface area contributed by atoms with Gasteiger partial charge in [-0.2, -0.15) is 0 Å². The topological polar surface area (TPSA) is 83.8 Å². The number of carbonyl (C=O) groups excluding carboxylic acids is 1. The Morgan fingerprint density at radius 3 is 2.77 bits per heavy atom. The molecule has 1 unspecified atom stereocenters. The molecule has 0 aromatic carbocycles. The normalized spacial score (nSPS) is 22.5. The Balaban J connectivity index is 2.52. The molecule has 0 aromatic rings. The molecular formula is C21H34O5. The molecule has 0 saturated heterocycles. The molecule has 1 saturated carbocycles. The van der Waals surface area contributed by atoms with Gasteiger partial charge in [0.15, 0.2) is 0 Å². The van der Waals surface area contributed by atoms with Crippen LogP contribution in [-0.2, 0) is 14.3 Å². The van der Waals surface area contributed by atoms with Crippen molar-refractivity contribution in [1.82, 2.24) is 0 Å². The lowest BCUT2D eigenvalue weighted by atomic mass is 9.85. The van der Waals surface area contributed by atoms with Gasteiger partial charge in [0, 0.05) is 30.8 Å². The Hall–Kier alpha value is -1.46. The molecule has 0 aromatic heterocycles. The summed E-state index contributed by atoms with van der Waals surface area (Å²) in [5, 5.41) is 19.0. The van der Waals surface area contributed by atoms with Crippen molar-refractivity contribution in [1.29, 1.82) is 0 Å². The van der Waals surface area contributed by atoms with Gasteiger partial charge in [0.25, 0.3) is 0 Å². The van der Waals surface area contributed by atoms with Gasteiger partial charge >= 0.3 is 5.97 Å². The minimum absolute atomic E-state index is 0.0378. The van der Waals surface area contributed by atoms with Gasteiger partial charge in [0.05, 0.1) is 12.7 Å². The zero-order chi connectivity index (χ0) is 19.6. The van der Waals surface area contributed by atoms with Crippen LogP contribution in [0.5, 0.6) is 0 Å². The molecular weight excluding hydrogens is 332 g/mol. The van der Waals surface area contributed by atoms with E-state index in [-0.39, 0.29) is 29.5 Å². The first kappa shape index (κ1) is 22.6.